The first-order valence-corrected chi connectivity index (χ1v) is 6.46. The van der Waals surface area contributed by atoms with Gasteiger partial charge in [0.25, 0.3) is 0 Å². The lowest BCUT2D eigenvalue weighted by molar-refractivity contribution is 0.611. The first-order valence-electron chi connectivity index (χ1n) is 6.46. The second-order valence-corrected chi connectivity index (χ2v) is 4.98. The number of aromatic nitrogens is 1. The number of hydrogen-bond acceptors (Lipinski definition) is 1. The Balaban J connectivity index is 2.11. The fourth-order valence-electron chi connectivity index (χ4n) is 2.75. The van der Waals surface area contributed by atoms with Crippen molar-refractivity contribution < 1.29 is 4.39 Å². The van der Waals surface area contributed by atoms with Gasteiger partial charge in [-0.1, -0.05) is 12.2 Å². The number of fused-ring (bicyclic) bond motifs is 1. The van der Waals surface area contributed by atoms with Gasteiger partial charge in [0.1, 0.15) is 5.82 Å². The highest BCUT2D eigenvalue weighted by Gasteiger charge is 2.16. The molecule has 1 aliphatic rings. The molecule has 1 heterocycles. The molecule has 1 aromatic heterocycles. The Morgan fingerprint density at radius 2 is 2.11 bits per heavy atom. The number of allylic oxidation sites excluding steroid dienone is 2. The van der Waals surface area contributed by atoms with Gasteiger partial charge in [0, 0.05) is 11.1 Å². The summed E-state index contributed by atoms with van der Waals surface area (Å²) in [6.07, 6.45) is 7.85. The Morgan fingerprint density at radius 1 is 1.22 bits per heavy atom. The second-order valence-electron chi connectivity index (χ2n) is 4.98. The van der Waals surface area contributed by atoms with Gasteiger partial charge in [0.05, 0.1) is 5.52 Å². The number of rotatable bonds is 1. The standard InChI is InChI=1S/C16H16FN/c1-11-15(12-5-3-2-4-6-12)10-13-9-14(17)7-8-16(13)18-11/h2-3,7-10,12H,4-6H2,1H3. The molecule has 1 atom stereocenters. The third-order valence-corrected chi connectivity index (χ3v) is 3.72. The van der Waals surface area contributed by atoms with Crippen LogP contribution in [0, 0.1) is 12.7 Å². The average Bonchev–Trinajstić information content (AvgIpc) is 2.39. The van der Waals surface area contributed by atoms with Gasteiger partial charge in [0.15, 0.2) is 0 Å². The van der Waals surface area contributed by atoms with Crippen LogP contribution in [0.15, 0.2) is 36.4 Å². The SMILES string of the molecule is Cc1nc2ccc(F)cc2cc1C1CC=CCC1. The minimum atomic E-state index is -0.192. The highest BCUT2D eigenvalue weighted by atomic mass is 19.1. The third-order valence-electron chi connectivity index (χ3n) is 3.72. The summed E-state index contributed by atoms with van der Waals surface area (Å²) in [7, 11) is 0. The van der Waals surface area contributed by atoms with Gasteiger partial charge >= 0.3 is 0 Å². The molecule has 3 rings (SSSR count). The fraction of sp³-hybridized carbons (Fsp3) is 0.312. The minimum Gasteiger partial charge on any atom is -0.253 e. The van der Waals surface area contributed by atoms with Crippen molar-refractivity contribution in [3.05, 3.63) is 53.5 Å². The molecule has 0 N–H and O–H groups in total. The van der Waals surface area contributed by atoms with Crippen LogP contribution in [0.5, 0.6) is 0 Å². The van der Waals surface area contributed by atoms with Crippen molar-refractivity contribution in [2.75, 3.05) is 0 Å². The van der Waals surface area contributed by atoms with E-state index in [1.807, 2.05) is 0 Å². The molecule has 0 fully saturated rings. The summed E-state index contributed by atoms with van der Waals surface area (Å²) in [6.45, 7) is 2.05. The zero-order chi connectivity index (χ0) is 12.5. The molecule has 1 aliphatic carbocycles. The first-order chi connectivity index (χ1) is 8.74. The third kappa shape index (κ3) is 2.03. The highest BCUT2D eigenvalue weighted by Crippen LogP contribution is 2.32. The van der Waals surface area contributed by atoms with E-state index in [9.17, 15) is 4.39 Å². The predicted octanol–water partition coefficient (Wildman–Crippen LogP) is 4.51. The van der Waals surface area contributed by atoms with E-state index in [-0.39, 0.29) is 5.82 Å². The Labute approximate surface area is 106 Å². The van der Waals surface area contributed by atoms with Crippen molar-refractivity contribution in [2.45, 2.75) is 32.1 Å². The first kappa shape index (κ1) is 11.4. The van der Waals surface area contributed by atoms with Crippen LogP contribution >= 0.6 is 0 Å². The second kappa shape index (κ2) is 4.52. The summed E-state index contributed by atoms with van der Waals surface area (Å²) in [4.78, 5) is 4.60. The summed E-state index contributed by atoms with van der Waals surface area (Å²) in [5.41, 5.74) is 3.23. The normalized spacial score (nSPS) is 19.3. The molecule has 0 aliphatic heterocycles. The van der Waals surface area contributed by atoms with E-state index in [0.717, 1.165) is 29.4 Å². The molecule has 0 bridgehead atoms. The van der Waals surface area contributed by atoms with Gasteiger partial charge in [-0.15, -0.1) is 0 Å². The van der Waals surface area contributed by atoms with Gasteiger partial charge in [-0.2, -0.15) is 0 Å². The number of halogens is 1. The van der Waals surface area contributed by atoms with E-state index >= 15 is 0 Å². The largest absolute Gasteiger partial charge is 0.253 e. The fourth-order valence-corrected chi connectivity index (χ4v) is 2.75. The van der Waals surface area contributed by atoms with Crippen LogP contribution < -0.4 is 0 Å². The molecule has 0 amide bonds. The Kier molecular flexibility index (Phi) is 2.86. The molecule has 2 heteroatoms. The lowest BCUT2D eigenvalue weighted by Crippen LogP contribution is -2.04. The van der Waals surface area contributed by atoms with Crippen molar-refractivity contribution in [3.8, 4) is 0 Å². The van der Waals surface area contributed by atoms with E-state index in [2.05, 4.69) is 30.1 Å². The zero-order valence-corrected chi connectivity index (χ0v) is 10.5. The lowest BCUT2D eigenvalue weighted by Gasteiger charge is -2.20. The Bertz CT molecular complexity index is 616. The summed E-state index contributed by atoms with van der Waals surface area (Å²) in [6, 6.07) is 6.91. The van der Waals surface area contributed by atoms with Crippen molar-refractivity contribution in [1.29, 1.82) is 0 Å². The number of nitrogens with zero attached hydrogens (tertiary/aromatic N) is 1. The van der Waals surface area contributed by atoms with Crippen LogP contribution in [-0.4, -0.2) is 4.98 Å². The topological polar surface area (TPSA) is 12.9 Å². The number of pyridine rings is 1. The van der Waals surface area contributed by atoms with Crippen LogP contribution in [-0.2, 0) is 0 Å². The van der Waals surface area contributed by atoms with E-state index in [0.29, 0.717) is 5.92 Å². The Hall–Kier alpha value is -1.70. The van der Waals surface area contributed by atoms with Gasteiger partial charge in [0.2, 0.25) is 0 Å². The van der Waals surface area contributed by atoms with Gasteiger partial charge in [-0.3, -0.25) is 4.98 Å². The van der Waals surface area contributed by atoms with Crippen molar-refractivity contribution in [2.24, 2.45) is 0 Å². The molecule has 0 spiro atoms. The zero-order valence-electron chi connectivity index (χ0n) is 10.5. The van der Waals surface area contributed by atoms with Crippen LogP contribution in [0.1, 0.15) is 36.4 Å². The van der Waals surface area contributed by atoms with Crippen molar-refractivity contribution in [3.63, 3.8) is 0 Å². The molecule has 2 aromatic rings. The monoisotopic (exact) mass is 241 g/mol. The minimum absolute atomic E-state index is 0.192. The molecule has 18 heavy (non-hydrogen) atoms. The Morgan fingerprint density at radius 3 is 2.89 bits per heavy atom. The maximum absolute atomic E-state index is 13.3. The molecule has 0 saturated heterocycles. The highest BCUT2D eigenvalue weighted by molar-refractivity contribution is 5.79. The molecule has 1 unspecified atom stereocenters. The molecular formula is C16H16FN. The summed E-state index contributed by atoms with van der Waals surface area (Å²) in [5.74, 6) is 0.345. The van der Waals surface area contributed by atoms with E-state index < -0.39 is 0 Å². The number of hydrogen-bond donors (Lipinski definition) is 0. The van der Waals surface area contributed by atoms with E-state index in [4.69, 9.17) is 0 Å². The van der Waals surface area contributed by atoms with Crippen LogP contribution in [0.2, 0.25) is 0 Å². The lowest BCUT2D eigenvalue weighted by atomic mass is 9.86. The van der Waals surface area contributed by atoms with Gasteiger partial charge in [-0.05, 0) is 61.9 Å². The average molecular weight is 241 g/mol. The predicted molar refractivity (Wildman–Crippen MR) is 72.2 cm³/mol. The van der Waals surface area contributed by atoms with E-state index in [1.165, 1.54) is 18.1 Å². The van der Waals surface area contributed by atoms with Crippen molar-refractivity contribution in [1.82, 2.24) is 4.98 Å². The quantitative estimate of drug-likeness (QED) is 0.669. The summed E-state index contributed by atoms with van der Waals surface area (Å²) < 4.78 is 13.3. The van der Waals surface area contributed by atoms with Gasteiger partial charge < -0.3 is 0 Å². The summed E-state index contributed by atoms with van der Waals surface area (Å²) in [5, 5.41) is 0.908. The molecule has 1 nitrogen and oxygen atoms in total. The van der Waals surface area contributed by atoms with E-state index in [1.54, 1.807) is 12.1 Å². The molecule has 0 radical (unpaired) electrons. The number of aryl methyl sites for hydroxylation is 1. The maximum Gasteiger partial charge on any atom is 0.123 e. The molecule has 0 saturated carbocycles. The van der Waals surface area contributed by atoms with Gasteiger partial charge in [-0.25, -0.2) is 4.39 Å². The van der Waals surface area contributed by atoms with Crippen molar-refractivity contribution >= 4 is 10.9 Å². The smallest absolute Gasteiger partial charge is 0.123 e. The molecule has 92 valence electrons. The molecular weight excluding hydrogens is 225 g/mol. The van der Waals surface area contributed by atoms with Crippen LogP contribution in [0.25, 0.3) is 10.9 Å². The number of benzene rings is 1. The summed E-state index contributed by atoms with van der Waals surface area (Å²) >= 11 is 0. The maximum atomic E-state index is 13.3. The molecule has 1 aromatic carbocycles. The van der Waals surface area contributed by atoms with Crippen LogP contribution in [0.4, 0.5) is 4.39 Å². The van der Waals surface area contributed by atoms with Crippen LogP contribution in [0.3, 0.4) is 0 Å².